The third kappa shape index (κ3) is 4.83. The Morgan fingerprint density at radius 3 is 2.68 bits per heavy atom. The zero-order chi connectivity index (χ0) is 21.6. The van der Waals surface area contributed by atoms with E-state index < -0.39 is 0 Å². The predicted octanol–water partition coefficient (Wildman–Crippen LogP) is 4.83. The fourth-order valence-corrected chi connectivity index (χ4v) is 4.16. The van der Waals surface area contributed by atoms with Crippen LogP contribution in [0.5, 0.6) is 11.5 Å². The maximum atomic E-state index is 12.6. The van der Waals surface area contributed by atoms with Gasteiger partial charge in [-0.05, 0) is 29.8 Å². The van der Waals surface area contributed by atoms with Crippen LogP contribution in [0.4, 0.5) is 5.69 Å². The molecule has 0 bridgehead atoms. The van der Waals surface area contributed by atoms with Gasteiger partial charge in [0.2, 0.25) is 5.91 Å². The number of benzene rings is 2. The van der Waals surface area contributed by atoms with Gasteiger partial charge in [0.25, 0.3) is 0 Å². The number of rotatable bonds is 8. The second-order valence-corrected chi connectivity index (χ2v) is 7.85. The summed E-state index contributed by atoms with van der Waals surface area (Å²) in [5, 5.41) is 4.76. The maximum Gasteiger partial charge on any atom is 0.234 e. The van der Waals surface area contributed by atoms with Crippen molar-refractivity contribution in [3.05, 3.63) is 78.6 Å². The average molecular weight is 434 g/mol. The number of thioether (sulfide) groups is 1. The van der Waals surface area contributed by atoms with Gasteiger partial charge in [-0.25, -0.2) is 4.98 Å². The van der Waals surface area contributed by atoms with Crippen LogP contribution in [-0.2, 0) is 11.3 Å². The van der Waals surface area contributed by atoms with E-state index in [9.17, 15) is 4.79 Å². The monoisotopic (exact) mass is 433 g/mol. The summed E-state index contributed by atoms with van der Waals surface area (Å²) in [6.07, 6.45) is 3.85. The molecule has 1 N–H and O–H groups in total. The highest BCUT2D eigenvalue weighted by Crippen LogP contribution is 2.30. The Labute approximate surface area is 185 Å². The van der Waals surface area contributed by atoms with Crippen LogP contribution in [0, 0.1) is 0 Å². The van der Waals surface area contributed by atoms with Crippen molar-refractivity contribution < 1.29 is 14.3 Å². The zero-order valence-electron chi connectivity index (χ0n) is 17.4. The van der Waals surface area contributed by atoms with E-state index in [0.717, 1.165) is 22.5 Å². The van der Waals surface area contributed by atoms with Crippen molar-refractivity contribution in [1.29, 1.82) is 0 Å². The molecule has 7 heteroatoms. The molecule has 0 unspecified atom stereocenters. The minimum absolute atomic E-state index is 0.140. The van der Waals surface area contributed by atoms with Crippen molar-refractivity contribution >= 4 is 34.3 Å². The first-order valence-corrected chi connectivity index (χ1v) is 10.8. The predicted molar refractivity (Wildman–Crippen MR) is 124 cm³/mol. The van der Waals surface area contributed by atoms with Gasteiger partial charge in [-0.2, -0.15) is 0 Å². The Kier molecular flexibility index (Phi) is 6.43. The number of anilines is 1. The van der Waals surface area contributed by atoms with E-state index in [1.54, 1.807) is 38.6 Å². The molecule has 0 aliphatic rings. The summed E-state index contributed by atoms with van der Waals surface area (Å²) in [7, 11) is 3.15. The molecule has 0 radical (unpaired) electrons. The van der Waals surface area contributed by atoms with Gasteiger partial charge < -0.3 is 19.4 Å². The minimum Gasteiger partial charge on any atom is -0.497 e. The summed E-state index contributed by atoms with van der Waals surface area (Å²) >= 11 is 1.41. The van der Waals surface area contributed by atoms with Crippen molar-refractivity contribution in [2.45, 2.75) is 11.6 Å². The lowest BCUT2D eigenvalue weighted by atomic mass is 10.2. The van der Waals surface area contributed by atoms with Crippen molar-refractivity contribution in [2.75, 3.05) is 25.3 Å². The van der Waals surface area contributed by atoms with Crippen LogP contribution in [0.2, 0.25) is 0 Å². The molecule has 0 fully saturated rings. The van der Waals surface area contributed by atoms with E-state index >= 15 is 0 Å². The summed E-state index contributed by atoms with van der Waals surface area (Å²) in [5.74, 6) is 1.32. The number of carbonyl (C=O) groups is 1. The quantitative estimate of drug-likeness (QED) is 0.403. The molecule has 0 atom stereocenters. The molecule has 4 rings (SSSR count). The van der Waals surface area contributed by atoms with Crippen LogP contribution in [0.15, 0.2) is 78.1 Å². The molecule has 0 saturated heterocycles. The number of methoxy groups -OCH3 is 2. The molecule has 6 nitrogen and oxygen atoms in total. The second-order valence-electron chi connectivity index (χ2n) is 6.88. The average Bonchev–Trinajstić information content (AvgIpc) is 3.21. The first-order chi connectivity index (χ1) is 15.2. The first kappa shape index (κ1) is 20.8. The summed E-state index contributed by atoms with van der Waals surface area (Å²) in [6.45, 7) is 0.786. The molecular formula is C24H23N3O3S. The molecule has 0 aliphatic carbocycles. The lowest BCUT2D eigenvalue weighted by Gasteiger charge is -2.11. The number of nitrogens with zero attached hydrogens (tertiary/aromatic N) is 2. The number of hydrogen-bond acceptors (Lipinski definition) is 5. The van der Waals surface area contributed by atoms with E-state index in [1.165, 1.54) is 17.3 Å². The minimum atomic E-state index is -0.140. The molecule has 1 amide bonds. The van der Waals surface area contributed by atoms with Gasteiger partial charge in [-0.1, -0.05) is 42.1 Å². The third-order valence-electron chi connectivity index (χ3n) is 4.88. The Bertz CT molecular complexity index is 1190. The van der Waals surface area contributed by atoms with Crippen LogP contribution in [0.3, 0.4) is 0 Å². The number of nitrogens with one attached hydrogen (secondary N) is 1. The Morgan fingerprint density at radius 1 is 1.06 bits per heavy atom. The third-order valence-corrected chi connectivity index (χ3v) is 5.88. The van der Waals surface area contributed by atoms with Gasteiger partial charge in [0.1, 0.15) is 16.5 Å². The summed E-state index contributed by atoms with van der Waals surface area (Å²) in [6, 6.07) is 19.7. The van der Waals surface area contributed by atoms with Crippen LogP contribution in [0.25, 0.3) is 10.9 Å². The van der Waals surface area contributed by atoms with E-state index in [2.05, 4.69) is 39.3 Å². The van der Waals surface area contributed by atoms with Crippen molar-refractivity contribution in [3.8, 4) is 11.5 Å². The summed E-state index contributed by atoms with van der Waals surface area (Å²) < 4.78 is 12.8. The molecule has 2 aromatic heterocycles. The fraction of sp³-hybridized carbons (Fsp3) is 0.167. The van der Waals surface area contributed by atoms with Crippen molar-refractivity contribution in [3.63, 3.8) is 0 Å². The SMILES string of the molecule is COc1ccc(OC)c(NC(=O)CSc2nccc3c2ccn3Cc2ccccc2)c1. The summed E-state index contributed by atoms with van der Waals surface area (Å²) in [4.78, 5) is 17.1. The van der Waals surface area contributed by atoms with Crippen molar-refractivity contribution in [1.82, 2.24) is 9.55 Å². The Hall–Kier alpha value is -3.45. The van der Waals surface area contributed by atoms with Gasteiger partial charge in [-0.15, -0.1) is 0 Å². The lowest BCUT2D eigenvalue weighted by molar-refractivity contribution is -0.113. The molecule has 0 spiro atoms. The fourth-order valence-electron chi connectivity index (χ4n) is 3.36. The molecule has 2 heterocycles. The molecule has 4 aromatic rings. The number of aromatic nitrogens is 2. The smallest absolute Gasteiger partial charge is 0.234 e. The van der Waals surface area contributed by atoms with Gasteiger partial charge in [0.05, 0.1) is 31.2 Å². The largest absolute Gasteiger partial charge is 0.497 e. The Balaban J connectivity index is 1.46. The molecule has 0 aliphatic heterocycles. The number of hydrogen-bond donors (Lipinski definition) is 1. The number of ether oxygens (including phenoxy) is 2. The number of fused-ring (bicyclic) bond motifs is 1. The van der Waals surface area contributed by atoms with E-state index in [4.69, 9.17) is 9.47 Å². The number of amides is 1. The molecule has 158 valence electrons. The topological polar surface area (TPSA) is 65.4 Å². The van der Waals surface area contributed by atoms with E-state index in [0.29, 0.717) is 17.2 Å². The first-order valence-electron chi connectivity index (χ1n) is 9.80. The second kappa shape index (κ2) is 9.57. The van der Waals surface area contributed by atoms with Gasteiger partial charge >= 0.3 is 0 Å². The van der Waals surface area contributed by atoms with Crippen molar-refractivity contribution in [2.24, 2.45) is 0 Å². The highest BCUT2D eigenvalue weighted by molar-refractivity contribution is 8.00. The highest BCUT2D eigenvalue weighted by atomic mass is 32.2. The number of carbonyl (C=O) groups excluding carboxylic acids is 1. The van der Waals surface area contributed by atoms with E-state index in [1.807, 2.05) is 24.3 Å². The van der Waals surface area contributed by atoms with Crippen LogP contribution < -0.4 is 14.8 Å². The maximum absolute atomic E-state index is 12.6. The molecule has 31 heavy (non-hydrogen) atoms. The molecular weight excluding hydrogens is 410 g/mol. The summed E-state index contributed by atoms with van der Waals surface area (Å²) in [5.41, 5.74) is 2.90. The normalized spacial score (nSPS) is 10.8. The molecule has 2 aromatic carbocycles. The van der Waals surface area contributed by atoms with Gasteiger partial charge in [0.15, 0.2) is 0 Å². The van der Waals surface area contributed by atoms with Gasteiger partial charge in [-0.3, -0.25) is 4.79 Å². The van der Waals surface area contributed by atoms with E-state index in [-0.39, 0.29) is 11.7 Å². The standard InChI is InChI=1S/C24H23N3O3S/c1-29-18-8-9-22(30-2)20(14-18)26-23(28)16-31-24-19-11-13-27(21(19)10-12-25-24)15-17-6-4-3-5-7-17/h3-14H,15-16H2,1-2H3,(H,26,28). The zero-order valence-corrected chi connectivity index (χ0v) is 18.2. The molecule has 0 saturated carbocycles. The van der Waals surface area contributed by atoms with Crippen LogP contribution >= 0.6 is 11.8 Å². The lowest BCUT2D eigenvalue weighted by Crippen LogP contribution is -2.15. The number of pyridine rings is 1. The van der Waals surface area contributed by atoms with Crippen LogP contribution in [0.1, 0.15) is 5.56 Å². The van der Waals surface area contributed by atoms with Crippen LogP contribution in [-0.4, -0.2) is 35.4 Å². The Morgan fingerprint density at radius 2 is 1.90 bits per heavy atom. The highest BCUT2D eigenvalue weighted by Gasteiger charge is 2.13. The van der Waals surface area contributed by atoms with Gasteiger partial charge in [0, 0.05) is 30.4 Å².